The molecule has 4 aromatic rings. The molecule has 1 atom stereocenters. The number of aryl methyl sites for hydroxylation is 1. The number of fused-ring (bicyclic) bond motifs is 2. The standard InChI is InChI=1S/C23H22F5N7O2/c1-36-21-20-18(12-4-14(25)19-16(5-12)33(3-2-24)11-29-19)15(26)6-35(20)32-22(31-21)30-17-7-34(10-23(17,27)28)13-8-37-9-13/h4-6,11,13,17H,2-3,7-10H2,1H3,(H,30,32)/t17-/m1/s1. The number of benzene rings is 1. The summed E-state index contributed by atoms with van der Waals surface area (Å²) in [4.78, 5) is 9.83. The first-order valence-electron chi connectivity index (χ1n) is 11.6. The Morgan fingerprint density at radius 3 is 2.73 bits per heavy atom. The van der Waals surface area contributed by atoms with Crippen molar-refractivity contribution in [2.45, 2.75) is 24.6 Å². The summed E-state index contributed by atoms with van der Waals surface area (Å²) in [7, 11) is 1.30. The third-order valence-electron chi connectivity index (χ3n) is 6.82. The number of hydrogen-bond acceptors (Lipinski definition) is 7. The third-order valence-corrected chi connectivity index (χ3v) is 6.82. The van der Waals surface area contributed by atoms with Crippen LogP contribution in [0.25, 0.3) is 27.7 Å². The second-order valence-electron chi connectivity index (χ2n) is 9.12. The van der Waals surface area contributed by atoms with E-state index in [0.29, 0.717) is 13.2 Å². The molecule has 6 rings (SSSR count). The Hall–Kier alpha value is -3.52. The van der Waals surface area contributed by atoms with Gasteiger partial charge in [0.05, 0.1) is 63.1 Å². The molecule has 0 unspecified atom stereocenters. The number of methoxy groups -OCH3 is 1. The molecule has 2 fully saturated rings. The van der Waals surface area contributed by atoms with Crippen LogP contribution in [0, 0.1) is 11.6 Å². The van der Waals surface area contributed by atoms with Crippen molar-refractivity contribution in [3.8, 4) is 17.0 Å². The molecule has 5 heterocycles. The van der Waals surface area contributed by atoms with Crippen LogP contribution in [-0.4, -0.2) is 87.1 Å². The summed E-state index contributed by atoms with van der Waals surface area (Å²) < 4.78 is 85.5. The topological polar surface area (TPSA) is 81.7 Å². The Balaban J connectivity index is 1.39. The van der Waals surface area contributed by atoms with E-state index < -0.39 is 36.8 Å². The van der Waals surface area contributed by atoms with Crippen LogP contribution < -0.4 is 10.1 Å². The van der Waals surface area contributed by atoms with E-state index in [1.807, 2.05) is 0 Å². The van der Waals surface area contributed by atoms with Crippen LogP contribution in [0.5, 0.6) is 5.88 Å². The van der Waals surface area contributed by atoms with Gasteiger partial charge in [0.1, 0.15) is 23.7 Å². The first-order valence-corrected chi connectivity index (χ1v) is 11.6. The number of halogens is 5. The Kier molecular flexibility index (Phi) is 5.67. The Labute approximate surface area is 206 Å². The monoisotopic (exact) mass is 523 g/mol. The Morgan fingerprint density at radius 1 is 1.22 bits per heavy atom. The van der Waals surface area contributed by atoms with E-state index in [9.17, 15) is 17.6 Å². The molecular formula is C23H22F5N7O2. The smallest absolute Gasteiger partial charge is 0.281 e. The highest BCUT2D eigenvalue weighted by Crippen LogP contribution is 2.37. The van der Waals surface area contributed by atoms with Crippen molar-refractivity contribution in [1.29, 1.82) is 0 Å². The summed E-state index contributed by atoms with van der Waals surface area (Å²) in [6.45, 7) is -0.284. The minimum Gasteiger partial charge on any atom is -0.479 e. The van der Waals surface area contributed by atoms with Gasteiger partial charge in [-0.3, -0.25) is 4.90 Å². The fourth-order valence-electron chi connectivity index (χ4n) is 4.87. The number of ether oxygens (including phenoxy) is 2. The number of nitrogens with one attached hydrogen (secondary N) is 1. The van der Waals surface area contributed by atoms with Gasteiger partial charge in [0.15, 0.2) is 11.6 Å². The fourth-order valence-corrected chi connectivity index (χ4v) is 4.87. The fraction of sp³-hybridized carbons (Fsp3) is 0.435. The van der Waals surface area contributed by atoms with Gasteiger partial charge in [0, 0.05) is 6.54 Å². The van der Waals surface area contributed by atoms with Crippen molar-refractivity contribution < 1.29 is 31.4 Å². The van der Waals surface area contributed by atoms with Crippen LogP contribution >= 0.6 is 0 Å². The van der Waals surface area contributed by atoms with Gasteiger partial charge in [-0.05, 0) is 17.7 Å². The minimum absolute atomic E-state index is 0.0239. The number of hydrogen-bond donors (Lipinski definition) is 1. The molecule has 0 aliphatic carbocycles. The summed E-state index contributed by atoms with van der Waals surface area (Å²) in [6, 6.07) is 1.26. The van der Waals surface area contributed by atoms with Crippen molar-refractivity contribution in [2.75, 3.05) is 45.4 Å². The maximum Gasteiger partial charge on any atom is 0.281 e. The highest BCUT2D eigenvalue weighted by molar-refractivity contribution is 5.90. The Morgan fingerprint density at radius 2 is 2.03 bits per heavy atom. The molecule has 2 aliphatic heterocycles. The van der Waals surface area contributed by atoms with Crippen LogP contribution in [0.1, 0.15) is 0 Å². The van der Waals surface area contributed by atoms with Crippen molar-refractivity contribution in [3.05, 3.63) is 36.3 Å². The number of nitrogens with zero attached hydrogens (tertiary/aromatic N) is 6. The zero-order valence-corrected chi connectivity index (χ0v) is 19.6. The number of anilines is 1. The average molecular weight is 523 g/mol. The molecule has 0 saturated carbocycles. The summed E-state index contributed by atoms with van der Waals surface area (Å²) >= 11 is 0. The number of rotatable bonds is 7. The predicted octanol–water partition coefficient (Wildman–Crippen LogP) is 3.13. The predicted molar refractivity (Wildman–Crippen MR) is 123 cm³/mol. The normalized spacial score (nSPS) is 20.1. The van der Waals surface area contributed by atoms with E-state index in [4.69, 9.17) is 9.47 Å². The second-order valence-corrected chi connectivity index (χ2v) is 9.12. The lowest BCUT2D eigenvalue weighted by atomic mass is 10.1. The molecule has 0 radical (unpaired) electrons. The van der Waals surface area contributed by atoms with E-state index in [1.165, 1.54) is 24.1 Å². The minimum atomic E-state index is -3.05. The second kappa shape index (κ2) is 8.80. The summed E-state index contributed by atoms with van der Waals surface area (Å²) in [5, 5.41) is 6.85. The first-order chi connectivity index (χ1) is 17.8. The number of likely N-dealkylation sites (tertiary alicyclic amines) is 1. The van der Waals surface area contributed by atoms with Gasteiger partial charge < -0.3 is 19.4 Å². The van der Waals surface area contributed by atoms with Crippen molar-refractivity contribution in [1.82, 2.24) is 29.0 Å². The number of alkyl halides is 3. The van der Waals surface area contributed by atoms with Gasteiger partial charge in [-0.25, -0.2) is 31.5 Å². The van der Waals surface area contributed by atoms with E-state index in [2.05, 4.69) is 20.4 Å². The molecule has 2 saturated heterocycles. The highest BCUT2D eigenvalue weighted by atomic mass is 19.3. The molecule has 196 valence electrons. The van der Waals surface area contributed by atoms with Crippen LogP contribution in [0.2, 0.25) is 0 Å². The van der Waals surface area contributed by atoms with E-state index in [1.54, 1.807) is 4.90 Å². The van der Waals surface area contributed by atoms with Gasteiger partial charge in [-0.2, -0.15) is 4.98 Å². The number of aromatic nitrogens is 5. The van der Waals surface area contributed by atoms with E-state index >= 15 is 4.39 Å². The lowest BCUT2D eigenvalue weighted by Crippen LogP contribution is -2.48. The zero-order chi connectivity index (χ0) is 25.9. The van der Waals surface area contributed by atoms with Crippen LogP contribution in [0.3, 0.4) is 0 Å². The van der Waals surface area contributed by atoms with E-state index in [-0.39, 0.29) is 58.6 Å². The van der Waals surface area contributed by atoms with E-state index in [0.717, 1.165) is 16.8 Å². The van der Waals surface area contributed by atoms with Gasteiger partial charge >= 0.3 is 0 Å². The first kappa shape index (κ1) is 23.9. The van der Waals surface area contributed by atoms with Crippen LogP contribution in [-0.2, 0) is 11.3 Å². The average Bonchev–Trinajstić information content (AvgIpc) is 3.45. The molecule has 2 aliphatic rings. The van der Waals surface area contributed by atoms with Gasteiger partial charge in [-0.15, -0.1) is 5.10 Å². The molecule has 3 aromatic heterocycles. The quantitative estimate of drug-likeness (QED) is 0.373. The summed E-state index contributed by atoms with van der Waals surface area (Å²) in [5.41, 5.74) is 0.464. The summed E-state index contributed by atoms with van der Waals surface area (Å²) in [5.74, 6) is -4.80. The lowest BCUT2D eigenvalue weighted by molar-refractivity contribution is -0.0711. The van der Waals surface area contributed by atoms with Crippen LogP contribution in [0.4, 0.5) is 27.9 Å². The molecular weight excluding hydrogens is 501 g/mol. The van der Waals surface area contributed by atoms with Crippen molar-refractivity contribution in [2.24, 2.45) is 0 Å². The van der Waals surface area contributed by atoms with Gasteiger partial charge in [0.25, 0.3) is 5.92 Å². The molecule has 9 nitrogen and oxygen atoms in total. The molecule has 37 heavy (non-hydrogen) atoms. The van der Waals surface area contributed by atoms with Crippen molar-refractivity contribution >= 4 is 22.5 Å². The molecule has 0 bridgehead atoms. The lowest BCUT2D eigenvalue weighted by Gasteiger charge is -2.34. The molecule has 1 aromatic carbocycles. The SMILES string of the molecule is COc1nc(N[C@@H]2CN(C3COC3)CC2(F)F)nn2cc(F)c(-c3cc(F)c4ncn(CCF)c4c3)c12. The Bertz CT molecular complexity index is 1490. The zero-order valence-electron chi connectivity index (χ0n) is 19.6. The van der Waals surface area contributed by atoms with Crippen LogP contribution in [0.15, 0.2) is 24.7 Å². The molecule has 0 amide bonds. The largest absolute Gasteiger partial charge is 0.479 e. The van der Waals surface area contributed by atoms with Crippen molar-refractivity contribution in [3.63, 3.8) is 0 Å². The number of imidazole rings is 1. The maximum absolute atomic E-state index is 15.3. The summed E-state index contributed by atoms with van der Waals surface area (Å²) in [6.07, 6.45) is 2.34. The maximum atomic E-state index is 15.3. The third kappa shape index (κ3) is 3.94. The molecule has 1 N–H and O–H groups in total. The molecule has 14 heteroatoms. The van der Waals surface area contributed by atoms with Gasteiger partial charge in [0.2, 0.25) is 11.8 Å². The van der Waals surface area contributed by atoms with Gasteiger partial charge in [-0.1, -0.05) is 0 Å². The highest BCUT2D eigenvalue weighted by Gasteiger charge is 2.51. The molecule has 0 spiro atoms.